The van der Waals surface area contributed by atoms with Gasteiger partial charge in [-0.15, -0.1) is 0 Å². The van der Waals surface area contributed by atoms with E-state index in [1.54, 1.807) is 4.31 Å². The Morgan fingerprint density at radius 1 is 1.04 bits per heavy atom. The highest BCUT2D eigenvalue weighted by Crippen LogP contribution is 2.19. The van der Waals surface area contributed by atoms with E-state index < -0.39 is 10.0 Å². The molecule has 27 heavy (non-hydrogen) atoms. The maximum absolute atomic E-state index is 12.8. The molecule has 1 aromatic carbocycles. The van der Waals surface area contributed by atoms with Gasteiger partial charge in [0.15, 0.2) is 0 Å². The molecule has 2 heterocycles. The molecule has 0 aliphatic carbocycles. The Balaban J connectivity index is 1.52. The van der Waals surface area contributed by atoms with Gasteiger partial charge in [0.1, 0.15) is 0 Å². The van der Waals surface area contributed by atoms with E-state index in [1.165, 1.54) is 0 Å². The summed E-state index contributed by atoms with van der Waals surface area (Å²) >= 11 is 0. The molecule has 0 radical (unpaired) electrons. The molecule has 0 saturated carbocycles. The van der Waals surface area contributed by atoms with Gasteiger partial charge < -0.3 is 4.90 Å². The number of amides is 1. The summed E-state index contributed by atoms with van der Waals surface area (Å²) in [5, 5.41) is 0. The minimum Gasteiger partial charge on any atom is -0.341 e. The van der Waals surface area contributed by atoms with Gasteiger partial charge in [-0.1, -0.05) is 37.3 Å². The highest BCUT2D eigenvalue weighted by molar-refractivity contribution is 7.88. The van der Waals surface area contributed by atoms with Gasteiger partial charge in [0.25, 0.3) is 0 Å². The molecule has 2 aliphatic rings. The van der Waals surface area contributed by atoms with Crippen molar-refractivity contribution in [2.75, 3.05) is 39.3 Å². The first-order valence-electron chi connectivity index (χ1n) is 9.91. The third-order valence-corrected chi connectivity index (χ3v) is 7.71. The maximum Gasteiger partial charge on any atom is 0.239 e. The van der Waals surface area contributed by atoms with Crippen LogP contribution < -0.4 is 0 Å². The molecule has 2 aliphatic heterocycles. The summed E-state index contributed by atoms with van der Waals surface area (Å²) in [6.07, 6.45) is 2.15. The molecular weight excluding hydrogens is 362 g/mol. The largest absolute Gasteiger partial charge is 0.341 e. The van der Waals surface area contributed by atoms with Crippen LogP contribution in [0.4, 0.5) is 0 Å². The molecule has 1 aromatic rings. The van der Waals surface area contributed by atoms with Crippen molar-refractivity contribution in [1.29, 1.82) is 0 Å². The van der Waals surface area contributed by atoms with Gasteiger partial charge in [0.2, 0.25) is 15.9 Å². The van der Waals surface area contributed by atoms with Crippen molar-refractivity contribution >= 4 is 15.9 Å². The molecule has 150 valence electrons. The summed E-state index contributed by atoms with van der Waals surface area (Å²) < 4.78 is 26.9. The molecule has 0 aromatic heterocycles. The quantitative estimate of drug-likeness (QED) is 0.765. The number of piperazine rings is 1. The average Bonchev–Trinajstić information content (AvgIpc) is 2.68. The van der Waals surface area contributed by atoms with Gasteiger partial charge in [-0.05, 0) is 31.2 Å². The summed E-state index contributed by atoms with van der Waals surface area (Å²) in [5.41, 5.74) is 0.808. The lowest BCUT2D eigenvalue weighted by atomic mass is 9.98. The van der Waals surface area contributed by atoms with E-state index in [4.69, 9.17) is 0 Å². The predicted molar refractivity (Wildman–Crippen MR) is 107 cm³/mol. The van der Waals surface area contributed by atoms with Crippen molar-refractivity contribution in [3.8, 4) is 0 Å². The molecular formula is C20H31N3O3S. The average molecular weight is 394 g/mol. The minimum atomic E-state index is -3.32. The summed E-state index contributed by atoms with van der Waals surface area (Å²) in [6.45, 7) is 7.98. The maximum atomic E-state index is 12.8. The van der Waals surface area contributed by atoms with Crippen molar-refractivity contribution < 1.29 is 13.2 Å². The first-order chi connectivity index (χ1) is 12.9. The number of likely N-dealkylation sites (tertiary alicyclic amines) is 1. The van der Waals surface area contributed by atoms with E-state index in [2.05, 4.69) is 11.8 Å². The van der Waals surface area contributed by atoms with Crippen LogP contribution in [0.15, 0.2) is 30.3 Å². The topological polar surface area (TPSA) is 60.9 Å². The van der Waals surface area contributed by atoms with Gasteiger partial charge in [0.05, 0.1) is 11.8 Å². The van der Waals surface area contributed by atoms with Gasteiger partial charge in [-0.3, -0.25) is 9.69 Å². The fraction of sp³-hybridized carbons (Fsp3) is 0.650. The Bertz CT molecular complexity index is 722. The SMILES string of the molecule is CC1CCN(C(=O)C(C)N2CCN(S(=O)(=O)Cc3ccccc3)CC2)CC1. The second-order valence-corrected chi connectivity index (χ2v) is 9.83. The van der Waals surface area contributed by atoms with Crippen LogP contribution in [0.1, 0.15) is 32.3 Å². The highest BCUT2D eigenvalue weighted by atomic mass is 32.2. The molecule has 3 rings (SSSR count). The molecule has 1 amide bonds. The summed E-state index contributed by atoms with van der Waals surface area (Å²) in [6, 6.07) is 9.10. The lowest BCUT2D eigenvalue weighted by molar-refractivity contribution is -0.138. The summed E-state index contributed by atoms with van der Waals surface area (Å²) in [7, 11) is -3.32. The lowest BCUT2D eigenvalue weighted by Gasteiger charge is -2.39. The number of benzene rings is 1. The monoisotopic (exact) mass is 393 g/mol. The summed E-state index contributed by atoms with van der Waals surface area (Å²) in [5.74, 6) is 0.916. The first kappa shape index (κ1) is 20.3. The van der Waals surface area contributed by atoms with E-state index in [0.29, 0.717) is 32.1 Å². The first-order valence-corrected chi connectivity index (χ1v) is 11.5. The fourth-order valence-electron chi connectivity index (χ4n) is 3.89. The third-order valence-electron chi connectivity index (χ3n) is 5.86. The molecule has 1 unspecified atom stereocenters. The Kier molecular flexibility index (Phi) is 6.55. The van der Waals surface area contributed by atoms with Gasteiger partial charge in [0, 0.05) is 39.3 Å². The molecule has 1 atom stereocenters. The van der Waals surface area contributed by atoms with Crippen LogP contribution in [0.5, 0.6) is 0 Å². The van der Waals surface area contributed by atoms with Crippen molar-refractivity contribution in [3.63, 3.8) is 0 Å². The number of carbonyl (C=O) groups excluding carboxylic acids is 1. The number of sulfonamides is 1. The molecule has 0 N–H and O–H groups in total. The number of nitrogens with zero attached hydrogens (tertiary/aromatic N) is 3. The number of hydrogen-bond acceptors (Lipinski definition) is 4. The zero-order chi connectivity index (χ0) is 19.4. The van der Waals surface area contributed by atoms with E-state index in [0.717, 1.165) is 31.5 Å². The number of piperidine rings is 1. The number of carbonyl (C=O) groups is 1. The van der Waals surface area contributed by atoms with Crippen molar-refractivity contribution in [1.82, 2.24) is 14.1 Å². The van der Waals surface area contributed by atoms with Crippen LogP contribution in [0.3, 0.4) is 0 Å². The number of rotatable bonds is 5. The van der Waals surface area contributed by atoms with E-state index in [9.17, 15) is 13.2 Å². The van der Waals surface area contributed by atoms with Crippen molar-refractivity contribution in [2.45, 2.75) is 38.5 Å². The Labute approximate surface area is 163 Å². The standard InChI is InChI=1S/C20H31N3O3S/c1-17-8-10-22(11-9-17)20(24)18(2)21-12-14-23(15-13-21)27(25,26)16-19-6-4-3-5-7-19/h3-7,17-18H,8-16H2,1-2H3. The molecule has 2 saturated heterocycles. The Morgan fingerprint density at radius 2 is 1.63 bits per heavy atom. The van der Waals surface area contributed by atoms with Gasteiger partial charge in [-0.2, -0.15) is 4.31 Å². The lowest BCUT2D eigenvalue weighted by Crippen LogP contribution is -2.56. The predicted octanol–water partition coefficient (Wildman–Crippen LogP) is 1.78. The zero-order valence-corrected chi connectivity index (χ0v) is 17.2. The van der Waals surface area contributed by atoms with Crippen LogP contribution in [0.25, 0.3) is 0 Å². The number of hydrogen-bond donors (Lipinski definition) is 0. The molecule has 6 nitrogen and oxygen atoms in total. The second kappa shape index (κ2) is 8.71. The van der Waals surface area contributed by atoms with Crippen LogP contribution >= 0.6 is 0 Å². The minimum absolute atomic E-state index is 0.0360. The van der Waals surface area contributed by atoms with Crippen molar-refractivity contribution in [3.05, 3.63) is 35.9 Å². The van der Waals surface area contributed by atoms with Gasteiger partial charge in [-0.25, -0.2) is 8.42 Å². The van der Waals surface area contributed by atoms with Crippen LogP contribution in [-0.2, 0) is 20.6 Å². The smallest absolute Gasteiger partial charge is 0.239 e. The van der Waals surface area contributed by atoms with E-state index in [1.807, 2.05) is 42.2 Å². The zero-order valence-electron chi connectivity index (χ0n) is 16.4. The van der Waals surface area contributed by atoms with Crippen LogP contribution in [-0.4, -0.2) is 73.7 Å². The third kappa shape index (κ3) is 5.09. The highest BCUT2D eigenvalue weighted by Gasteiger charge is 2.33. The Hall–Kier alpha value is -1.44. The summed E-state index contributed by atoms with van der Waals surface area (Å²) in [4.78, 5) is 16.9. The Morgan fingerprint density at radius 3 is 2.22 bits per heavy atom. The normalized spacial score (nSPS) is 21.9. The molecule has 0 bridgehead atoms. The molecule has 7 heteroatoms. The van der Waals surface area contributed by atoms with E-state index in [-0.39, 0.29) is 17.7 Å². The van der Waals surface area contributed by atoms with E-state index >= 15 is 0 Å². The fourth-order valence-corrected chi connectivity index (χ4v) is 5.41. The van der Waals surface area contributed by atoms with Crippen LogP contribution in [0.2, 0.25) is 0 Å². The second-order valence-electron chi connectivity index (χ2n) is 7.86. The van der Waals surface area contributed by atoms with Gasteiger partial charge >= 0.3 is 0 Å². The molecule has 2 fully saturated rings. The van der Waals surface area contributed by atoms with Crippen LogP contribution in [0, 0.1) is 5.92 Å². The molecule has 0 spiro atoms. The van der Waals surface area contributed by atoms with Crippen molar-refractivity contribution in [2.24, 2.45) is 5.92 Å².